The van der Waals surface area contributed by atoms with Gasteiger partial charge in [-0.25, -0.2) is 4.98 Å². The monoisotopic (exact) mass is 398 g/mol. The Morgan fingerprint density at radius 1 is 0.633 bits per heavy atom. The number of anilines is 4. The average Bonchev–Trinajstić information content (AvgIpc) is 2.80. The molecular formula is C24H22N4O2. The molecule has 3 aromatic carbocycles. The average molecular weight is 398 g/mol. The Morgan fingerprint density at radius 2 is 1.40 bits per heavy atom. The van der Waals surface area contributed by atoms with Gasteiger partial charge in [0.2, 0.25) is 5.95 Å². The van der Waals surface area contributed by atoms with E-state index in [1.807, 2.05) is 84.9 Å². The van der Waals surface area contributed by atoms with Crippen LogP contribution in [0.4, 0.5) is 23.1 Å². The molecule has 0 atom stereocenters. The van der Waals surface area contributed by atoms with Gasteiger partial charge in [0.05, 0.1) is 19.9 Å². The van der Waals surface area contributed by atoms with Gasteiger partial charge in [-0.3, -0.25) is 0 Å². The summed E-state index contributed by atoms with van der Waals surface area (Å²) in [6.45, 7) is 0. The smallest absolute Gasteiger partial charge is 0.229 e. The summed E-state index contributed by atoms with van der Waals surface area (Å²) in [5.74, 6) is 2.73. The molecule has 0 aliphatic heterocycles. The van der Waals surface area contributed by atoms with Crippen LogP contribution in [-0.4, -0.2) is 24.2 Å². The second-order valence-electron chi connectivity index (χ2n) is 6.54. The highest BCUT2D eigenvalue weighted by Gasteiger charge is 2.08. The molecule has 0 radical (unpaired) electrons. The molecule has 4 aromatic rings. The number of benzene rings is 3. The topological polar surface area (TPSA) is 68.3 Å². The molecule has 0 spiro atoms. The highest BCUT2D eigenvalue weighted by Crippen LogP contribution is 2.26. The van der Waals surface area contributed by atoms with E-state index >= 15 is 0 Å². The van der Waals surface area contributed by atoms with Crippen LogP contribution in [0.5, 0.6) is 11.5 Å². The van der Waals surface area contributed by atoms with Gasteiger partial charge in [-0.15, -0.1) is 0 Å². The molecule has 0 unspecified atom stereocenters. The second-order valence-corrected chi connectivity index (χ2v) is 6.54. The van der Waals surface area contributed by atoms with Crippen LogP contribution < -0.4 is 20.1 Å². The summed E-state index contributed by atoms with van der Waals surface area (Å²) >= 11 is 0. The Hall–Kier alpha value is -4.06. The number of rotatable bonds is 7. The van der Waals surface area contributed by atoms with E-state index < -0.39 is 0 Å². The Labute approximate surface area is 175 Å². The van der Waals surface area contributed by atoms with Crippen molar-refractivity contribution in [2.45, 2.75) is 0 Å². The summed E-state index contributed by atoms with van der Waals surface area (Å²) in [6, 6.07) is 27.3. The minimum absolute atomic E-state index is 0.493. The molecule has 0 bridgehead atoms. The van der Waals surface area contributed by atoms with Gasteiger partial charge in [0.1, 0.15) is 17.3 Å². The van der Waals surface area contributed by atoms with Crippen molar-refractivity contribution in [1.82, 2.24) is 9.97 Å². The molecule has 30 heavy (non-hydrogen) atoms. The predicted molar refractivity (Wildman–Crippen MR) is 120 cm³/mol. The van der Waals surface area contributed by atoms with Crippen LogP contribution in [0.1, 0.15) is 0 Å². The highest BCUT2D eigenvalue weighted by molar-refractivity contribution is 5.69. The predicted octanol–water partition coefficient (Wildman–Crippen LogP) is 5.65. The fourth-order valence-electron chi connectivity index (χ4n) is 2.98. The van der Waals surface area contributed by atoms with Crippen molar-refractivity contribution in [2.75, 3.05) is 24.9 Å². The summed E-state index contributed by atoms with van der Waals surface area (Å²) < 4.78 is 10.5. The van der Waals surface area contributed by atoms with E-state index in [0.29, 0.717) is 11.8 Å². The maximum Gasteiger partial charge on any atom is 0.229 e. The van der Waals surface area contributed by atoms with Crippen LogP contribution in [0.25, 0.3) is 11.3 Å². The van der Waals surface area contributed by atoms with Crippen LogP contribution in [0.15, 0.2) is 84.9 Å². The number of methoxy groups -OCH3 is 2. The Balaban J connectivity index is 1.68. The number of aromatic nitrogens is 2. The molecule has 0 aliphatic rings. The lowest BCUT2D eigenvalue weighted by atomic mass is 10.1. The lowest BCUT2D eigenvalue weighted by Gasteiger charge is -2.12. The summed E-state index contributed by atoms with van der Waals surface area (Å²) in [7, 11) is 3.29. The third kappa shape index (κ3) is 4.67. The quantitative estimate of drug-likeness (QED) is 0.419. The van der Waals surface area contributed by atoms with Crippen LogP contribution >= 0.6 is 0 Å². The van der Waals surface area contributed by atoms with Crippen molar-refractivity contribution in [1.29, 1.82) is 0 Å². The molecule has 0 fully saturated rings. The first-order valence-electron chi connectivity index (χ1n) is 9.50. The SMILES string of the molecule is COc1ccc(Nc2nc(Nc3cccc(OC)c3)cc(-c3ccccc3)n2)cc1. The molecule has 0 aliphatic carbocycles. The van der Waals surface area contributed by atoms with Gasteiger partial charge in [-0.05, 0) is 36.4 Å². The van der Waals surface area contributed by atoms with Gasteiger partial charge in [-0.2, -0.15) is 4.98 Å². The van der Waals surface area contributed by atoms with E-state index in [1.165, 1.54) is 0 Å². The molecule has 0 saturated heterocycles. The molecule has 2 N–H and O–H groups in total. The minimum Gasteiger partial charge on any atom is -0.497 e. The zero-order valence-electron chi connectivity index (χ0n) is 16.8. The van der Waals surface area contributed by atoms with E-state index in [2.05, 4.69) is 15.6 Å². The van der Waals surface area contributed by atoms with Crippen molar-refractivity contribution >= 4 is 23.1 Å². The zero-order chi connectivity index (χ0) is 20.8. The molecule has 6 heteroatoms. The van der Waals surface area contributed by atoms with Crippen molar-refractivity contribution in [3.05, 3.63) is 84.9 Å². The third-order valence-electron chi connectivity index (χ3n) is 4.48. The van der Waals surface area contributed by atoms with Crippen LogP contribution in [-0.2, 0) is 0 Å². The molecule has 1 aromatic heterocycles. The van der Waals surface area contributed by atoms with Crippen LogP contribution in [0.3, 0.4) is 0 Å². The van der Waals surface area contributed by atoms with Gasteiger partial charge in [0, 0.05) is 29.1 Å². The van der Waals surface area contributed by atoms with Crippen LogP contribution in [0, 0.1) is 0 Å². The van der Waals surface area contributed by atoms with E-state index in [0.717, 1.165) is 34.1 Å². The largest absolute Gasteiger partial charge is 0.497 e. The fourth-order valence-corrected chi connectivity index (χ4v) is 2.98. The maximum atomic E-state index is 5.31. The lowest BCUT2D eigenvalue weighted by molar-refractivity contribution is 0.415. The maximum absolute atomic E-state index is 5.31. The Kier molecular flexibility index (Phi) is 5.75. The van der Waals surface area contributed by atoms with Gasteiger partial charge in [0.25, 0.3) is 0 Å². The van der Waals surface area contributed by atoms with Gasteiger partial charge in [0.15, 0.2) is 0 Å². The van der Waals surface area contributed by atoms with E-state index in [4.69, 9.17) is 14.5 Å². The minimum atomic E-state index is 0.493. The first-order chi connectivity index (χ1) is 14.7. The van der Waals surface area contributed by atoms with E-state index in [-0.39, 0.29) is 0 Å². The van der Waals surface area contributed by atoms with Gasteiger partial charge in [-0.1, -0.05) is 36.4 Å². The van der Waals surface area contributed by atoms with Crippen LogP contribution in [0.2, 0.25) is 0 Å². The molecule has 1 heterocycles. The number of ether oxygens (including phenoxy) is 2. The molecule has 150 valence electrons. The lowest BCUT2D eigenvalue weighted by Crippen LogP contribution is -2.02. The van der Waals surface area contributed by atoms with E-state index in [9.17, 15) is 0 Å². The Bertz CT molecular complexity index is 1120. The normalized spacial score (nSPS) is 10.3. The summed E-state index contributed by atoms with van der Waals surface area (Å²) in [6.07, 6.45) is 0. The first-order valence-corrected chi connectivity index (χ1v) is 9.50. The first kappa shape index (κ1) is 19.3. The standard InChI is InChI=1S/C24H22N4O2/c1-29-20-13-11-18(12-14-20)26-24-27-22(17-7-4-3-5-8-17)16-23(28-24)25-19-9-6-10-21(15-19)30-2/h3-16H,1-2H3,(H2,25,26,27,28). The molecule has 4 rings (SSSR count). The summed E-state index contributed by atoms with van der Waals surface area (Å²) in [4.78, 5) is 9.34. The van der Waals surface area contributed by atoms with Crippen molar-refractivity contribution in [3.63, 3.8) is 0 Å². The zero-order valence-corrected chi connectivity index (χ0v) is 16.8. The van der Waals surface area contributed by atoms with Crippen molar-refractivity contribution in [2.24, 2.45) is 0 Å². The van der Waals surface area contributed by atoms with Gasteiger partial charge >= 0.3 is 0 Å². The molecule has 0 saturated carbocycles. The van der Waals surface area contributed by atoms with Crippen molar-refractivity contribution < 1.29 is 9.47 Å². The fraction of sp³-hybridized carbons (Fsp3) is 0.0833. The number of hydrogen-bond donors (Lipinski definition) is 2. The Morgan fingerprint density at radius 3 is 2.13 bits per heavy atom. The van der Waals surface area contributed by atoms with E-state index in [1.54, 1.807) is 14.2 Å². The molecular weight excluding hydrogens is 376 g/mol. The number of nitrogens with zero attached hydrogens (tertiary/aromatic N) is 2. The number of hydrogen-bond acceptors (Lipinski definition) is 6. The second kappa shape index (κ2) is 8.96. The summed E-state index contributed by atoms with van der Waals surface area (Å²) in [5.41, 5.74) is 3.56. The highest BCUT2D eigenvalue weighted by atomic mass is 16.5. The third-order valence-corrected chi connectivity index (χ3v) is 4.48. The molecule has 6 nitrogen and oxygen atoms in total. The van der Waals surface area contributed by atoms with Crippen molar-refractivity contribution in [3.8, 4) is 22.8 Å². The van der Waals surface area contributed by atoms with Gasteiger partial charge < -0.3 is 20.1 Å². The number of nitrogens with one attached hydrogen (secondary N) is 2. The summed E-state index contributed by atoms with van der Waals surface area (Å²) in [5, 5.41) is 6.61. The molecule has 0 amide bonds.